The number of nitrogens with zero attached hydrogens (tertiary/aromatic N) is 3. The molecular weight excluding hydrogens is 266 g/mol. The second kappa shape index (κ2) is 6.95. The molecule has 0 aliphatic rings. The van der Waals surface area contributed by atoms with E-state index in [1.54, 1.807) is 24.5 Å². The van der Waals surface area contributed by atoms with E-state index < -0.39 is 5.97 Å². The molecule has 0 aliphatic heterocycles. The van der Waals surface area contributed by atoms with E-state index in [1.807, 2.05) is 25.4 Å². The third-order valence-corrected chi connectivity index (χ3v) is 3.51. The minimum atomic E-state index is -0.944. The summed E-state index contributed by atoms with van der Waals surface area (Å²) in [7, 11) is 1.97. The molecule has 5 nitrogen and oxygen atoms in total. The Morgan fingerprint density at radius 1 is 1.33 bits per heavy atom. The lowest BCUT2D eigenvalue weighted by Gasteiger charge is -2.27. The van der Waals surface area contributed by atoms with Gasteiger partial charge in [0.25, 0.3) is 0 Å². The fraction of sp³-hybridized carbons (Fsp3) is 0.312. The maximum atomic E-state index is 11.2. The van der Waals surface area contributed by atoms with Crippen molar-refractivity contribution in [1.82, 2.24) is 14.9 Å². The summed E-state index contributed by atoms with van der Waals surface area (Å²) in [6.45, 7) is 2.58. The number of aromatic carboxylic acids is 1. The van der Waals surface area contributed by atoms with Gasteiger partial charge >= 0.3 is 5.97 Å². The van der Waals surface area contributed by atoms with Gasteiger partial charge in [0.1, 0.15) is 0 Å². The SMILES string of the molecule is CC[C@H](c1cccnc1)N(C)Cc1ncccc1C(=O)O. The van der Waals surface area contributed by atoms with Gasteiger partial charge in [-0.15, -0.1) is 0 Å². The van der Waals surface area contributed by atoms with Crippen molar-refractivity contribution in [2.45, 2.75) is 25.9 Å². The Bertz CT molecular complexity index is 601. The van der Waals surface area contributed by atoms with E-state index in [0.29, 0.717) is 12.2 Å². The monoisotopic (exact) mass is 285 g/mol. The lowest BCUT2D eigenvalue weighted by atomic mass is 10.0. The summed E-state index contributed by atoms with van der Waals surface area (Å²) < 4.78 is 0. The number of rotatable bonds is 6. The highest BCUT2D eigenvalue weighted by Gasteiger charge is 2.18. The summed E-state index contributed by atoms with van der Waals surface area (Å²) in [6, 6.07) is 7.36. The third kappa shape index (κ3) is 3.64. The van der Waals surface area contributed by atoms with Crippen molar-refractivity contribution in [1.29, 1.82) is 0 Å². The molecule has 0 spiro atoms. The van der Waals surface area contributed by atoms with Crippen molar-refractivity contribution in [3.05, 3.63) is 59.7 Å². The molecule has 0 fully saturated rings. The van der Waals surface area contributed by atoms with Gasteiger partial charge in [-0.05, 0) is 37.2 Å². The van der Waals surface area contributed by atoms with Gasteiger partial charge in [0.2, 0.25) is 0 Å². The Morgan fingerprint density at radius 3 is 2.71 bits per heavy atom. The molecule has 1 atom stereocenters. The van der Waals surface area contributed by atoms with Crippen LogP contribution in [0.15, 0.2) is 42.9 Å². The van der Waals surface area contributed by atoms with Gasteiger partial charge in [-0.1, -0.05) is 13.0 Å². The van der Waals surface area contributed by atoms with Crippen molar-refractivity contribution < 1.29 is 9.90 Å². The normalized spacial score (nSPS) is 12.3. The van der Waals surface area contributed by atoms with Crippen LogP contribution in [0.2, 0.25) is 0 Å². The molecule has 0 unspecified atom stereocenters. The predicted octanol–water partition coefficient (Wildman–Crippen LogP) is 2.76. The molecular formula is C16H19N3O2. The Hall–Kier alpha value is -2.27. The minimum absolute atomic E-state index is 0.183. The van der Waals surface area contributed by atoms with Crippen molar-refractivity contribution in [2.75, 3.05) is 7.05 Å². The van der Waals surface area contributed by atoms with Gasteiger partial charge in [0, 0.05) is 31.2 Å². The second-order valence-corrected chi connectivity index (χ2v) is 4.93. The first-order chi connectivity index (χ1) is 10.1. The van der Waals surface area contributed by atoms with Crippen molar-refractivity contribution in [2.24, 2.45) is 0 Å². The molecule has 0 bridgehead atoms. The summed E-state index contributed by atoms with van der Waals surface area (Å²) >= 11 is 0. The van der Waals surface area contributed by atoms with Gasteiger partial charge in [-0.3, -0.25) is 14.9 Å². The molecule has 0 saturated carbocycles. The van der Waals surface area contributed by atoms with Crippen LogP contribution in [-0.2, 0) is 6.54 Å². The fourth-order valence-electron chi connectivity index (χ4n) is 2.48. The van der Waals surface area contributed by atoms with Crippen molar-refractivity contribution >= 4 is 5.97 Å². The van der Waals surface area contributed by atoms with Crippen LogP contribution in [0.1, 0.15) is 41.0 Å². The summed E-state index contributed by atoms with van der Waals surface area (Å²) in [4.78, 5) is 21.7. The zero-order valence-corrected chi connectivity index (χ0v) is 12.2. The predicted molar refractivity (Wildman–Crippen MR) is 79.9 cm³/mol. The topological polar surface area (TPSA) is 66.3 Å². The molecule has 0 aliphatic carbocycles. The van der Waals surface area contributed by atoms with Crippen LogP contribution in [0.3, 0.4) is 0 Å². The van der Waals surface area contributed by atoms with Crippen LogP contribution < -0.4 is 0 Å². The minimum Gasteiger partial charge on any atom is -0.478 e. The lowest BCUT2D eigenvalue weighted by Crippen LogP contribution is -2.25. The molecule has 0 radical (unpaired) electrons. The lowest BCUT2D eigenvalue weighted by molar-refractivity contribution is 0.0693. The molecule has 2 rings (SSSR count). The number of aromatic nitrogens is 2. The van der Waals surface area contributed by atoms with E-state index in [-0.39, 0.29) is 11.6 Å². The average Bonchev–Trinajstić information content (AvgIpc) is 2.49. The van der Waals surface area contributed by atoms with Crippen LogP contribution in [0.5, 0.6) is 0 Å². The van der Waals surface area contributed by atoms with E-state index in [4.69, 9.17) is 0 Å². The highest BCUT2D eigenvalue weighted by Crippen LogP contribution is 2.24. The first kappa shape index (κ1) is 15.1. The zero-order valence-electron chi connectivity index (χ0n) is 12.2. The van der Waals surface area contributed by atoms with Gasteiger partial charge in [0.15, 0.2) is 0 Å². The van der Waals surface area contributed by atoms with Gasteiger partial charge in [-0.2, -0.15) is 0 Å². The standard InChI is InChI=1S/C16H19N3O2/c1-3-15(12-6-4-8-17-10-12)19(2)11-14-13(16(20)21)7-5-9-18-14/h4-10,15H,3,11H2,1-2H3,(H,20,21)/t15-/m1/s1. The van der Waals surface area contributed by atoms with Crippen molar-refractivity contribution in [3.8, 4) is 0 Å². The summed E-state index contributed by atoms with van der Waals surface area (Å²) in [5.41, 5.74) is 1.95. The molecule has 5 heteroatoms. The number of hydrogen-bond acceptors (Lipinski definition) is 4. The van der Waals surface area contributed by atoms with Gasteiger partial charge in [-0.25, -0.2) is 4.79 Å². The maximum absolute atomic E-state index is 11.2. The quantitative estimate of drug-likeness (QED) is 0.884. The number of carboxylic acid groups (broad SMARTS) is 1. The number of hydrogen-bond donors (Lipinski definition) is 1. The second-order valence-electron chi connectivity index (χ2n) is 4.93. The van der Waals surface area contributed by atoms with Crippen molar-refractivity contribution in [3.63, 3.8) is 0 Å². The van der Waals surface area contributed by atoms with E-state index in [2.05, 4.69) is 21.8 Å². The fourth-order valence-corrected chi connectivity index (χ4v) is 2.48. The zero-order chi connectivity index (χ0) is 15.2. The smallest absolute Gasteiger partial charge is 0.337 e. The van der Waals surface area contributed by atoms with Gasteiger partial charge < -0.3 is 5.11 Å². The van der Waals surface area contributed by atoms with E-state index in [0.717, 1.165) is 12.0 Å². The average molecular weight is 285 g/mol. The van der Waals surface area contributed by atoms with Crippen LogP contribution in [-0.4, -0.2) is 33.0 Å². The Morgan fingerprint density at radius 2 is 2.10 bits per heavy atom. The van der Waals surface area contributed by atoms with Crippen LogP contribution in [0.25, 0.3) is 0 Å². The molecule has 2 aromatic rings. The third-order valence-electron chi connectivity index (χ3n) is 3.51. The van der Waals surface area contributed by atoms with E-state index in [1.165, 1.54) is 0 Å². The van der Waals surface area contributed by atoms with Crippen LogP contribution in [0.4, 0.5) is 0 Å². The molecule has 2 aromatic heterocycles. The van der Waals surface area contributed by atoms with Gasteiger partial charge in [0.05, 0.1) is 11.3 Å². The highest BCUT2D eigenvalue weighted by molar-refractivity contribution is 5.88. The molecule has 0 amide bonds. The van der Waals surface area contributed by atoms with Crippen LogP contribution >= 0.6 is 0 Å². The summed E-state index contributed by atoms with van der Waals surface area (Å²) in [6.07, 6.45) is 6.14. The molecule has 110 valence electrons. The largest absolute Gasteiger partial charge is 0.478 e. The highest BCUT2D eigenvalue weighted by atomic mass is 16.4. The summed E-state index contributed by atoms with van der Waals surface area (Å²) in [5, 5.41) is 9.22. The van der Waals surface area contributed by atoms with Crippen LogP contribution in [0, 0.1) is 0 Å². The van der Waals surface area contributed by atoms with E-state index >= 15 is 0 Å². The summed E-state index contributed by atoms with van der Waals surface area (Å²) in [5.74, 6) is -0.944. The number of pyridine rings is 2. The molecule has 21 heavy (non-hydrogen) atoms. The first-order valence-corrected chi connectivity index (χ1v) is 6.90. The molecule has 2 heterocycles. The first-order valence-electron chi connectivity index (χ1n) is 6.90. The van der Waals surface area contributed by atoms with E-state index in [9.17, 15) is 9.90 Å². The number of carbonyl (C=O) groups is 1. The Balaban J connectivity index is 2.21. The Kier molecular flexibility index (Phi) is 5.00. The molecule has 1 N–H and O–H groups in total. The maximum Gasteiger partial charge on any atom is 0.337 e. The Labute approximate surface area is 124 Å². The number of carboxylic acids is 1. The molecule has 0 saturated heterocycles. The molecule has 0 aromatic carbocycles.